The maximum atomic E-state index is 14.9. The summed E-state index contributed by atoms with van der Waals surface area (Å²) in [5.41, 5.74) is 7.66. The fraction of sp³-hybridized carbons (Fsp3) is 0.417. The van der Waals surface area contributed by atoms with Crippen molar-refractivity contribution >= 4 is 52.2 Å². The van der Waals surface area contributed by atoms with E-state index in [-0.39, 0.29) is 25.7 Å². The quantitative estimate of drug-likeness (QED) is 0.0606. The Morgan fingerprint density at radius 2 is 1.71 bits per heavy atom. The number of nitrogens with one attached hydrogen (secondary N) is 1. The third kappa shape index (κ3) is 7.34. The normalized spacial score (nSPS) is 15.1. The number of esters is 1. The summed E-state index contributed by atoms with van der Waals surface area (Å²) in [5, 5.41) is 5.39. The number of hydrogen-bond donors (Lipinski definition) is 2. The van der Waals surface area contributed by atoms with Crippen LogP contribution < -0.4 is 15.3 Å². The Morgan fingerprint density at radius 1 is 1.00 bits per heavy atom. The minimum absolute atomic E-state index is 0.0779. The van der Waals surface area contributed by atoms with E-state index in [2.05, 4.69) is 28.5 Å². The van der Waals surface area contributed by atoms with Gasteiger partial charge in [-0.3, -0.25) is 9.32 Å². The molecule has 2 unspecified atom stereocenters. The number of nitrogens with zero attached hydrogens (tertiary/aromatic N) is 3. The summed E-state index contributed by atoms with van der Waals surface area (Å²) in [7, 11) is -4.24. The molecule has 0 fully saturated rings. The number of carbonyl (C=O) groups excluding carboxylic acids is 1. The highest BCUT2D eigenvalue weighted by molar-refractivity contribution is 7.52. The van der Waals surface area contributed by atoms with E-state index in [1.165, 1.54) is 0 Å². The number of unbranched alkanes of at least 4 members (excludes halogenated alkanes) is 1. The average Bonchev–Trinajstić information content (AvgIpc) is 3.47. The summed E-state index contributed by atoms with van der Waals surface area (Å²) in [4.78, 5) is 22.5. The van der Waals surface area contributed by atoms with Crippen LogP contribution in [0.4, 0.5) is 5.82 Å². The first-order valence-electron chi connectivity index (χ1n) is 16.5. The zero-order valence-corrected chi connectivity index (χ0v) is 29.5. The number of hydrogen-bond acceptors (Lipinski definition) is 9. The second-order valence-electron chi connectivity index (χ2n) is 12.4. The summed E-state index contributed by atoms with van der Waals surface area (Å²) in [5.74, 6) is 0.661. The Morgan fingerprint density at radius 3 is 2.44 bits per heavy atom. The molecule has 5 rings (SSSR count). The van der Waals surface area contributed by atoms with Crippen LogP contribution in [-0.2, 0) is 35.5 Å². The molecule has 0 aliphatic rings. The largest absolute Gasteiger partial charge is 0.465 e. The van der Waals surface area contributed by atoms with Gasteiger partial charge in [0.05, 0.1) is 29.8 Å². The van der Waals surface area contributed by atoms with Gasteiger partial charge in [-0.15, -0.1) is 0 Å². The third-order valence-electron chi connectivity index (χ3n) is 8.72. The Labute approximate surface area is 281 Å². The monoisotopic (exact) mass is 675 g/mol. The van der Waals surface area contributed by atoms with Gasteiger partial charge in [0.2, 0.25) is 0 Å². The van der Waals surface area contributed by atoms with Gasteiger partial charge in [0.1, 0.15) is 29.7 Å². The van der Waals surface area contributed by atoms with Crippen molar-refractivity contribution in [2.24, 2.45) is 5.92 Å². The maximum Gasteiger partial charge on any atom is 0.459 e. The molecule has 3 atom stereocenters. The number of fused-ring (bicyclic) bond motifs is 4. The first-order valence-corrected chi connectivity index (χ1v) is 18.1. The number of nitrogens with two attached hydrogens (primary N) is 1. The molecule has 12 heteroatoms. The molecule has 0 aliphatic heterocycles. The van der Waals surface area contributed by atoms with Crippen LogP contribution in [0.2, 0.25) is 0 Å². The molecule has 0 spiro atoms. The van der Waals surface area contributed by atoms with E-state index in [1.54, 1.807) is 13.0 Å². The molecule has 0 saturated heterocycles. The number of benzene rings is 3. The second-order valence-corrected chi connectivity index (χ2v) is 14.1. The Bertz CT molecular complexity index is 1940. The van der Waals surface area contributed by atoms with Crippen molar-refractivity contribution in [3.63, 3.8) is 0 Å². The second kappa shape index (κ2) is 15.0. The summed E-state index contributed by atoms with van der Waals surface area (Å²) >= 11 is 0. The van der Waals surface area contributed by atoms with Crippen LogP contribution in [0, 0.1) is 5.92 Å². The fourth-order valence-corrected chi connectivity index (χ4v) is 7.23. The molecular formula is C36H46N5O6P. The number of pyridine rings is 1. The Hall–Kier alpha value is -4.02. The molecule has 5 aromatic rings. The van der Waals surface area contributed by atoms with Crippen molar-refractivity contribution in [2.45, 2.75) is 72.6 Å². The lowest BCUT2D eigenvalue weighted by atomic mass is 9.88. The van der Waals surface area contributed by atoms with Crippen molar-refractivity contribution in [1.29, 1.82) is 0 Å². The van der Waals surface area contributed by atoms with E-state index >= 15 is 0 Å². The lowest BCUT2D eigenvalue weighted by molar-refractivity contribution is -0.145. The van der Waals surface area contributed by atoms with Crippen molar-refractivity contribution in [3.8, 4) is 5.75 Å². The van der Waals surface area contributed by atoms with Crippen molar-refractivity contribution < 1.29 is 27.9 Å². The fourth-order valence-electron chi connectivity index (χ4n) is 5.62. The number of anilines is 1. The van der Waals surface area contributed by atoms with Gasteiger partial charge in [-0.1, -0.05) is 81.8 Å². The number of nitrogen functional groups attached to an aromatic ring is 1. The van der Waals surface area contributed by atoms with Crippen molar-refractivity contribution in [1.82, 2.24) is 19.6 Å². The molecule has 11 nitrogen and oxygen atoms in total. The molecule has 2 heterocycles. The lowest BCUT2D eigenvalue weighted by Crippen LogP contribution is -2.43. The first-order chi connectivity index (χ1) is 23.0. The number of para-hydroxylation sites is 1. The van der Waals surface area contributed by atoms with Crippen LogP contribution in [0.5, 0.6) is 5.75 Å². The molecule has 3 aromatic carbocycles. The van der Waals surface area contributed by atoms with Crippen molar-refractivity contribution in [3.05, 3.63) is 72.6 Å². The van der Waals surface area contributed by atoms with E-state index in [1.807, 2.05) is 81.4 Å². The van der Waals surface area contributed by atoms with Crippen LogP contribution in [0.3, 0.4) is 0 Å². The molecule has 0 aliphatic carbocycles. The van der Waals surface area contributed by atoms with Gasteiger partial charge in [-0.25, -0.2) is 14.5 Å². The van der Waals surface area contributed by atoms with E-state index < -0.39 is 25.3 Å². The van der Waals surface area contributed by atoms with Gasteiger partial charge < -0.3 is 24.3 Å². The Kier molecular flexibility index (Phi) is 11.1. The van der Waals surface area contributed by atoms with Crippen LogP contribution in [-0.4, -0.2) is 46.4 Å². The van der Waals surface area contributed by atoms with Crippen LogP contribution >= 0.6 is 7.75 Å². The predicted octanol–water partition coefficient (Wildman–Crippen LogP) is 7.75. The molecule has 0 saturated carbocycles. The number of aromatic nitrogens is 3. The van der Waals surface area contributed by atoms with E-state index in [9.17, 15) is 9.36 Å². The molecule has 3 N–H and O–H groups in total. The van der Waals surface area contributed by atoms with Gasteiger partial charge in [0.15, 0.2) is 5.82 Å². The zero-order valence-electron chi connectivity index (χ0n) is 28.6. The molecule has 2 aromatic heterocycles. The number of carbonyl (C=O) groups is 1. The SMILES string of the molecule is CCCCOC(=O)[C@H](C)NP(=O)(OCC(C)(C(C)C)n1c(COCC)nc2c(N)nc3ccccc3c21)Oc1cccc2ccccc12. The highest BCUT2D eigenvalue weighted by atomic mass is 31.2. The maximum absolute atomic E-state index is 14.9. The minimum atomic E-state index is -4.24. The number of ether oxygens (including phenoxy) is 2. The van der Waals surface area contributed by atoms with Crippen LogP contribution in [0.1, 0.15) is 60.2 Å². The summed E-state index contributed by atoms with van der Waals surface area (Å²) in [6, 6.07) is 19.9. The standard InChI is InChI=1S/C36H46N5O6P/c1-7-9-21-45-35(42)25(5)40-48(43,47-30-20-14-16-26-15-10-11-17-27(26)30)46-23-36(6,24(3)4)41-31(22-44-8-2)39-32-33(41)28-18-12-13-19-29(28)38-34(32)37/h10-20,24-25H,7-9,21-23H2,1-6H3,(H2,37,38)(H,40,43)/t25-,36?,48?/m0/s1. The number of imidazole rings is 1. The lowest BCUT2D eigenvalue weighted by Gasteiger charge is -2.38. The molecule has 0 radical (unpaired) electrons. The molecule has 48 heavy (non-hydrogen) atoms. The Balaban J connectivity index is 1.59. The molecule has 0 bridgehead atoms. The predicted molar refractivity (Wildman–Crippen MR) is 190 cm³/mol. The topological polar surface area (TPSA) is 140 Å². The number of rotatable bonds is 16. The van der Waals surface area contributed by atoms with E-state index in [0.29, 0.717) is 29.5 Å². The summed E-state index contributed by atoms with van der Waals surface area (Å²) < 4.78 is 40.9. The van der Waals surface area contributed by atoms with Crippen LogP contribution in [0.25, 0.3) is 32.7 Å². The van der Waals surface area contributed by atoms with Gasteiger partial charge in [0.25, 0.3) is 0 Å². The van der Waals surface area contributed by atoms with Gasteiger partial charge >= 0.3 is 13.7 Å². The highest BCUT2D eigenvalue weighted by Crippen LogP contribution is 2.49. The van der Waals surface area contributed by atoms with Crippen LogP contribution in [0.15, 0.2) is 66.7 Å². The third-order valence-corrected chi connectivity index (χ3v) is 10.3. The van der Waals surface area contributed by atoms with Gasteiger partial charge in [0, 0.05) is 17.4 Å². The zero-order chi connectivity index (χ0) is 34.5. The summed E-state index contributed by atoms with van der Waals surface area (Å²) in [6.07, 6.45) is 1.60. The molecular weight excluding hydrogens is 629 g/mol. The molecule has 256 valence electrons. The smallest absolute Gasteiger partial charge is 0.459 e. The van der Waals surface area contributed by atoms with E-state index in [0.717, 1.165) is 40.0 Å². The highest BCUT2D eigenvalue weighted by Gasteiger charge is 2.41. The summed E-state index contributed by atoms with van der Waals surface area (Å²) in [6.45, 7) is 12.5. The molecule has 0 amide bonds. The average molecular weight is 676 g/mol. The first kappa shape index (κ1) is 35.3. The van der Waals surface area contributed by atoms with Gasteiger partial charge in [-0.2, -0.15) is 5.09 Å². The van der Waals surface area contributed by atoms with Gasteiger partial charge in [-0.05, 0) is 50.6 Å². The van der Waals surface area contributed by atoms with E-state index in [4.69, 9.17) is 29.2 Å². The van der Waals surface area contributed by atoms with Crippen molar-refractivity contribution in [2.75, 3.05) is 25.6 Å². The minimum Gasteiger partial charge on any atom is -0.465 e.